The molecule has 2 aromatic carbocycles. The van der Waals surface area contributed by atoms with Gasteiger partial charge in [-0.05, 0) is 44.1 Å². The van der Waals surface area contributed by atoms with E-state index < -0.39 is 6.19 Å². The van der Waals surface area contributed by atoms with Crippen molar-refractivity contribution >= 4 is 29.4 Å². The lowest BCUT2D eigenvalue weighted by Crippen LogP contribution is -2.36. The van der Waals surface area contributed by atoms with Gasteiger partial charge in [-0.2, -0.15) is 0 Å². The molecule has 152 valence electrons. The van der Waals surface area contributed by atoms with Crippen LogP contribution in [0.5, 0.6) is 0 Å². The van der Waals surface area contributed by atoms with Gasteiger partial charge in [0, 0.05) is 29.4 Å². The fraction of sp³-hybridized carbons (Fsp3) is 0.333. The van der Waals surface area contributed by atoms with E-state index in [1.54, 1.807) is 0 Å². The molecule has 0 radical (unpaired) electrons. The zero-order valence-electron chi connectivity index (χ0n) is 17.3. The van der Waals surface area contributed by atoms with E-state index in [0.29, 0.717) is 0 Å². The van der Waals surface area contributed by atoms with E-state index >= 15 is 0 Å². The number of benzene rings is 2. The summed E-state index contributed by atoms with van der Waals surface area (Å²) in [6.45, 7) is 3.43. The van der Waals surface area contributed by atoms with Crippen LogP contribution in [0.3, 0.4) is 0 Å². The van der Waals surface area contributed by atoms with Gasteiger partial charge in [0.15, 0.2) is 0 Å². The van der Waals surface area contributed by atoms with Gasteiger partial charge in [-0.25, -0.2) is 0 Å². The molecular weight excluding hydrogens is 395 g/mol. The average Bonchev–Trinajstić information content (AvgIpc) is 3.19. The Morgan fingerprint density at radius 3 is 2.17 bits per heavy atom. The summed E-state index contributed by atoms with van der Waals surface area (Å²) in [6.07, 6.45) is 2.42. The number of allylic oxidation sites excluding steroid dienone is 2. The zero-order chi connectivity index (χ0) is 20.3. The third kappa shape index (κ3) is 4.13. The van der Waals surface area contributed by atoms with E-state index in [0.717, 1.165) is 39.1 Å². The molecule has 2 aromatic rings. The highest BCUT2D eigenvalue weighted by atomic mass is 32.4. The molecule has 1 saturated heterocycles. The molecule has 29 heavy (non-hydrogen) atoms. The quantitative estimate of drug-likeness (QED) is 0.647. The molecule has 0 bridgehead atoms. The molecular formula is C24H29N2OPS. The first-order valence-corrected chi connectivity index (χ1v) is 13.0. The maximum absolute atomic E-state index is 6.51. The third-order valence-corrected chi connectivity index (χ3v) is 11.3. The summed E-state index contributed by atoms with van der Waals surface area (Å²) in [7, 11) is 4.30. The lowest BCUT2D eigenvalue weighted by atomic mass is 10.1. The van der Waals surface area contributed by atoms with Crippen LogP contribution in [0, 0.1) is 0 Å². The van der Waals surface area contributed by atoms with Crippen molar-refractivity contribution in [3.8, 4) is 0 Å². The van der Waals surface area contributed by atoms with E-state index in [4.69, 9.17) is 16.5 Å². The van der Waals surface area contributed by atoms with Gasteiger partial charge in [0.05, 0.1) is 19.4 Å². The van der Waals surface area contributed by atoms with E-state index in [-0.39, 0.29) is 0 Å². The van der Waals surface area contributed by atoms with Crippen LogP contribution in [0.15, 0.2) is 77.2 Å². The summed E-state index contributed by atoms with van der Waals surface area (Å²) in [6, 6.07) is 21.4. The SMILES string of the molecule is CN(C)[P@](=S)(C1=C(N2CCOCC2)/C(=C\c2ccccc2)CC1)c1ccccc1. The predicted octanol–water partition coefficient (Wildman–Crippen LogP) is 4.69. The molecule has 1 aliphatic heterocycles. The summed E-state index contributed by atoms with van der Waals surface area (Å²) >= 11 is 6.51. The van der Waals surface area contributed by atoms with E-state index in [9.17, 15) is 0 Å². The Morgan fingerprint density at radius 1 is 0.931 bits per heavy atom. The smallest absolute Gasteiger partial charge is 0.0686 e. The second kappa shape index (κ2) is 8.97. The molecule has 0 unspecified atom stereocenters. The Balaban J connectivity index is 1.87. The molecule has 0 amide bonds. The largest absolute Gasteiger partial charge is 0.378 e. The highest BCUT2D eigenvalue weighted by Crippen LogP contribution is 2.61. The van der Waals surface area contributed by atoms with Crippen molar-refractivity contribution in [1.29, 1.82) is 0 Å². The van der Waals surface area contributed by atoms with Gasteiger partial charge < -0.3 is 9.64 Å². The number of hydrogen-bond acceptors (Lipinski definition) is 3. The van der Waals surface area contributed by atoms with Crippen molar-refractivity contribution in [2.75, 3.05) is 40.4 Å². The van der Waals surface area contributed by atoms with Gasteiger partial charge in [-0.1, -0.05) is 72.5 Å². The van der Waals surface area contributed by atoms with Crippen LogP contribution < -0.4 is 5.30 Å². The van der Waals surface area contributed by atoms with Crippen molar-refractivity contribution in [2.45, 2.75) is 12.8 Å². The second-order valence-corrected chi connectivity index (χ2v) is 12.3. The number of nitrogens with zero attached hydrogens (tertiary/aromatic N) is 2. The van der Waals surface area contributed by atoms with Crippen LogP contribution in [0.1, 0.15) is 18.4 Å². The van der Waals surface area contributed by atoms with Crippen molar-refractivity contribution in [2.24, 2.45) is 0 Å². The minimum atomic E-state index is -2.03. The maximum atomic E-state index is 6.51. The second-order valence-electron chi connectivity index (χ2n) is 7.73. The van der Waals surface area contributed by atoms with Crippen LogP contribution in [-0.4, -0.2) is 50.0 Å². The summed E-state index contributed by atoms with van der Waals surface area (Å²) in [5.74, 6) is 0. The van der Waals surface area contributed by atoms with Crippen molar-refractivity contribution in [1.82, 2.24) is 9.57 Å². The first-order chi connectivity index (χ1) is 14.1. The third-order valence-electron chi connectivity index (χ3n) is 5.71. The van der Waals surface area contributed by atoms with Crippen LogP contribution in [0.25, 0.3) is 6.08 Å². The fourth-order valence-corrected chi connectivity index (χ4v) is 8.01. The Hall–Kier alpha value is -1.71. The number of ether oxygens (including phenoxy) is 1. The summed E-state index contributed by atoms with van der Waals surface area (Å²) in [5, 5.41) is 2.73. The standard InChI is InChI=1S/C24H29N2OPS/c1-25(2)28(29,22-11-7-4-8-12-22)23-14-13-21(19-20-9-5-3-6-10-20)24(23)26-15-17-27-18-16-26/h3-12,19H,13-18H2,1-2H3/b21-19-/t28-/m1/s1. The zero-order valence-corrected chi connectivity index (χ0v) is 19.0. The van der Waals surface area contributed by atoms with Crippen LogP contribution in [0.4, 0.5) is 0 Å². The predicted molar refractivity (Wildman–Crippen MR) is 127 cm³/mol. The van der Waals surface area contributed by atoms with Crippen LogP contribution in [0.2, 0.25) is 0 Å². The minimum absolute atomic E-state index is 0.783. The Morgan fingerprint density at radius 2 is 1.55 bits per heavy atom. The Bertz CT molecular complexity index is 947. The number of hydrogen-bond donors (Lipinski definition) is 0. The molecule has 0 aromatic heterocycles. The first-order valence-electron chi connectivity index (χ1n) is 10.3. The van der Waals surface area contributed by atoms with Gasteiger partial charge in [0.2, 0.25) is 0 Å². The van der Waals surface area contributed by atoms with E-state index in [2.05, 4.69) is 90.4 Å². The van der Waals surface area contributed by atoms with Gasteiger partial charge in [-0.3, -0.25) is 4.67 Å². The molecule has 1 atom stereocenters. The molecule has 2 aliphatic rings. The minimum Gasteiger partial charge on any atom is -0.378 e. The number of rotatable bonds is 5. The normalized spacial score (nSPS) is 21.1. The molecule has 0 spiro atoms. The first kappa shape index (κ1) is 20.6. The highest BCUT2D eigenvalue weighted by Gasteiger charge is 2.36. The van der Waals surface area contributed by atoms with Crippen molar-refractivity contribution in [3.05, 3.63) is 82.8 Å². The summed E-state index contributed by atoms with van der Waals surface area (Å²) < 4.78 is 7.96. The van der Waals surface area contributed by atoms with Gasteiger partial charge >= 0.3 is 0 Å². The summed E-state index contributed by atoms with van der Waals surface area (Å²) in [4.78, 5) is 2.52. The molecule has 3 nitrogen and oxygen atoms in total. The fourth-order valence-electron chi connectivity index (χ4n) is 4.29. The Kier molecular flexibility index (Phi) is 6.36. The lowest BCUT2D eigenvalue weighted by Gasteiger charge is -2.36. The van der Waals surface area contributed by atoms with Crippen molar-refractivity contribution < 1.29 is 4.74 Å². The average molecular weight is 425 g/mol. The van der Waals surface area contributed by atoms with Gasteiger partial charge in [-0.15, -0.1) is 0 Å². The number of morpholine rings is 1. The molecule has 1 aliphatic carbocycles. The van der Waals surface area contributed by atoms with E-state index in [1.807, 2.05) is 0 Å². The molecule has 1 fully saturated rings. The molecule has 0 saturated carbocycles. The molecule has 5 heteroatoms. The summed E-state index contributed by atoms with van der Waals surface area (Å²) in [5.41, 5.74) is 4.06. The van der Waals surface area contributed by atoms with Crippen LogP contribution >= 0.6 is 6.19 Å². The Labute approximate surface area is 179 Å². The highest BCUT2D eigenvalue weighted by molar-refractivity contribution is 8.19. The van der Waals surface area contributed by atoms with Crippen molar-refractivity contribution in [3.63, 3.8) is 0 Å². The van der Waals surface area contributed by atoms with E-state index in [1.165, 1.54) is 27.5 Å². The van der Waals surface area contributed by atoms with Gasteiger partial charge in [0.25, 0.3) is 0 Å². The topological polar surface area (TPSA) is 15.7 Å². The lowest BCUT2D eigenvalue weighted by molar-refractivity contribution is 0.0548. The van der Waals surface area contributed by atoms with Crippen LogP contribution in [-0.2, 0) is 16.5 Å². The maximum Gasteiger partial charge on any atom is 0.0686 e. The molecule has 4 rings (SSSR count). The monoisotopic (exact) mass is 424 g/mol. The van der Waals surface area contributed by atoms with Gasteiger partial charge in [0.1, 0.15) is 0 Å². The molecule has 0 N–H and O–H groups in total. The molecule has 1 heterocycles.